The Labute approximate surface area is 106 Å². The Balaban J connectivity index is 2.41. The van der Waals surface area contributed by atoms with Gasteiger partial charge in [-0.25, -0.2) is 0 Å². The standard InChI is InChI=1S/C13H21NO2S/c1-11(14-2)5-4-10-17(15)13-8-6-12(16-3)7-9-13/h6-9,11,14H,4-5,10H2,1-3H3. The summed E-state index contributed by atoms with van der Waals surface area (Å²) in [7, 11) is 2.68. The lowest BCUT2D eigenvalue weighted by Crippen LogP contribution is -2.21. The van der Waals surface area contributed by atoms with Crippen LogP contribution >= 0.6 is 0 Å². The molecule has 1 N–H and O–H groups in total. The van der Waals surface area contributed by atoms with Gasteiger partial charge in [0.05, 0.1) is 17.9 Å². The molecule has 96 valence electrons. The van der Waals surface area contributed by atoms with Crippen molar-refractivity contribution in [2.45, 2.75) is 30.7 Å². The number of rotatable bonds is 7. The minimum atomic E-state index is -0.895. The third kappa shape index (κ3) is 4.88. The fourth-order valence-corrected chi connectivity index (χ4v) is 2.61. The maximum Gasteiger partial charge on any atom is 0.118 e. The van der Waals surface area contributed by atoms with Crippen LogP contribution in [0.2, 0.25) is 0 Å². The zero-order valence-electron chi connectivity index (χ0n) is 10.7. The second-order valence-electron chi connectivity index (χ2n) is 4.06. The van der Waals surface area contributed by atoms with E-state index in [9.17, 15) is 4.21 Å². The van der Waals surface area contributed by atoms with Crippen molar-refractivity contribution in [3.8, 4) is 5.75 Å². The monoisotopic (exact) mass is 255 g/mol. The summed E-state index contributed by atoms with van der Waals surface area (Å²) in [5, 5.41) is 3.18. The molecule has 0 heterocycles. The van der Waals surface area contributed by atoms with E-state index in [-0.39, 0.29) is 0 Å². The van der Waals surface area contributed by atoms with Crippen molar-refractivity contribution >= 4 is 10.8 Å². The summed E-state index contributed by atoms with van der Waals surface area (Å²) in [5.74, 6) is 1.52. The average molecular weight is 255 g/mol. The van der Waals surface area contributed by atoms with Gasteiger partial charge in [0.15, 0.2) is 0 Å². The van der Waals surface area contributed by atoms with E-state index < -0.39 is 10.8 Å². The van der Waals surface area contributed by atoms with Gasteiger partial charge in [-0.1, -0.05) is 0 Å². The molecule has 0 saturated carbocycles. The van der Waals surface area contributed by atoms with Crippen molar-refractivity contribution in [2.24, 2.45) is 0 Å². The molecule has 0 spiro atoms. The van der Waals surface area contributed by atoms with Gasteiger partial charge in [-0.15, -0.1) is 0 Å². The lowest BCUT2D eigenvalue weighted by Gasteiger charge is -2.09. The predicted octanol–water partition coefficient (Wildman–Crippen LogP) is 2.19. The molecule has 1 aromatic carbocycles. The predicted molar refractivity (Wildman–Crippen MR) is 72.0 cm³/mol. The van der Waals surface area contributed by atoms with E-state index in [2.05, 4.69) is 12.2 Å². The third-order valence-corrected chi connectivity index (χ3v) is 4.24. The van der Waals surface area contributed by atoms with Crippen molar-refractivity contribution in [3.63, 3.8) is 0 Å². The number of nitrogens with one attached hydrogen (secondary N) is 1. The van der Waals surface area contributed by atoms with Crippen molar-refractivity contribution in [1.82, 2.24) is 5.32 Å². The highest BCUT2D eigenvalue weighted by Gasteiger charge is 2.05. The van der Waals surface area contributed by atoms with Crippen LogP contribution in [0.3, 0.4) is 0 Å². The Morgan fingerprint density at radius 1 is 1.35 bits per heavy atom. The van der Waals surface area contributed by atoms with Crippen LogP contribution in [0, 0.1) is 0 Å². The molecule has 17 heavy (non-hydrogen) atoms. The molecule has 0 aromatic heterocycles. The molecule has 0 saturated heterocycles. The summed E-state index contributed by atoms with van der Waals surface area (Å²) in [4.78, 5) is 0.878. The number of hydrogen-bond donors (Lipinski definition) is 1. The highest BCUT2D eigenvalue weighted by Crippen LogP contribution is 2.15. The Morgan fingerprint density at radius 3 is 2.53 bits per heavy atom. The SMILES string of the molecule is CNC(C)CCCS(=O)c1ccc(OC)cc1. The molecule has 2 atom stereocenters. The molecule has 0 fully saturated rings. The van der Waals surface area contributed by atoms with Crippen LogP contribution in [0.4, 0.5) is 0 Å². The molecular weight excluding hydrogens is 234 g/mol. The van der Waals surface area contributed by atoms with Gasteiger partial charge in [-0.3, -0.25) is 4.21 Å². The number of ether oxygens (including phenoxy) is 1. The van der Waals surface area contributed by atoms with Crippen LogP contribution < -0.4 is 10.1 Å². The molecule has 0 amide bonds. The highest BCUT2D eigenvalue weighted by molar-refractivity contribution is 7.85. The van der Waals surface area contributed by atoms with Gasteiger partial charge in [0.2, 0.25) is 0 Å². The minimum absolute atomic E-state index is 0.489. The van der Waals surface area contributed by atoms with Crippen LogP contribution in [0.5, 0.6) is 5.75 Å². The van der Waals surface area contributed by atoms with Crippen molar-refractivity contribution in [1.29, 1.82) is 0 Å². The van der Waals surface area contributed by atoms with E-state index in [0.29, 0.717) is 6.04 Å². The van der Waals surface area contributed by atoms with E-state index in [1.807, 2.05) is 31.3 Å². The van der Waals surface area contributed by atoms with Crippen LogP contribution in [-0.2, 0) is 10.8 Å². The normalized spacial score (nSPS) is 14.3. The van der Waals surface area contributed by atoms with Crippen molar-refractivity contribution < 1.29 is 8.95 Å². The zero-order valence-corrected chi connectivity index (χ0v) is 11.5. The molecule has 0 aliphatic carbocycles. The fraction of sp³-hybridized carbons (Fsp3) is 0.538. The summed E-state index contributed by atoms with van der Waals surface area (Å²) >= 11 is 0. The first-order chi connectivity index (χ1) is 8.17. The van der Waals surface area contributed by atoms with Crippen LogP contribution in [0.15, 0.2) is 29.2 Å². The molecule has 0 bridgehead atoms. The first kappa shape index (κ1) is 14.2. The molecule has 1 rings (SSSR count). The Morgan fingerprint density at radius 2 is 2.00 bits per heavy atom. The topological polar surface area (TPSA) is 38.3 Å². The highest BCUT2D eigenvalue weighted by atomic mass is 32.2. The number of methoxy groups -OCH3 is 1. The van der Waals surface area contributed by atoms with Gasteiger partial charge in [0, 0.05) is 16.7 Å². The van der Waals surface area contributed by atoms with Crippen LogP contribution in [-0.4, -0.2) is 30.2 Å². The third-order valence-electron chi connectivity index (χ3n) is 2.78. The smallest absolute Gasteiger partial charge is 0.118 e. The maximum atomic E-state index is 12.0. The maximum absolute atomic E-state index is 12.0. The Bertz CT molecular complexity index is 351. The summed E-state index contributed by atoms with van der Waals surface area (Å²) in [5.41, 5.74) is 0. The van der Waals surface area contributed by atoms with Crippen LogP contribution in [0.25, 0.3) is 0 Å². The lowest BCUT2D eigenvalue weighted by atomic mass is 10.2. The second kappa shape index (κ2) is 7.45. The number of hydrogen-bond acceptors (Lipinski definition) is 3. The van der Waals surface area contributed by atoms with Gasteiger partial charge >= 0.3 is 0 Å². The van der Waals surface area contributed by atoms with E-state index in [0.717, 1.165) is 29.2 Å². The fourth-order valence-electron chi connectivity index (χ4n) is 1.51. The van der Waals surface area contributed by atoms with E-state index in [1.54, 1.807) is 7.11 Å². The second-order valence-corrected chi connectivity index (χ2v) is 5.63. The molecule has 4 heteroatoms. The first-order valence-corrected chi connectivity index (χ1v) is 7.19. The minimum Gasteiger partial charge on any atom is -0.497 e. The van der Waals surface area contributed by atoms with Gasteiger partial charge in [0.25, 0.3) is 0 Å². The van der Waals surface area contributed by atoms with Crippen LogP contribution in [0.1, 0.15) is 19.8 Å². The van der Waals surface area contributed by atoms with Gasteiger partial charge in [0.1, 0.15) is 5.75 Å². The van der Waals surface area contributed by atoms with E-state index >= 15 is 0 Å². The molecule has 2 unspecified atom stereocenters. The summed E-state index contributed by atoms with van der Waals surface area (Å²) < 4.78 is 17.0. The van der Waals surface area contributed by atoms with E-state index in [4.69, 9.17) is 4.74 Å². The molecule has 0 aliphatic rings. The molecule has 3 nitrogen and oxygen atoms in total. The average Bonchev–Trinajstić information content (AvgIpc) is 2.38. The Hall–Kier alpha value is -0.870. The van der Waals surface area contributed by atoms with Gasteiger partial charge in [-0.2, -0.15) is 0 Å². The first-order valence-electron chi connectivity index (χ1n) is 5.87. The zero-order chi connectivity index (χ0) is 12.7. The van der Waals surface area contributed by atoms with Gasteiger partial charge in [-0.05, 0) is 51.1 Å². The quantitative estimate of drug-likeness (QED) is 0.811. The molecular formula is C13H21NO2S. The largest absolute Gasteiger partial charge is 0.497 e. The summed E-state index contributed by atoms with van der Waals surface area (Å²) in [6.07, 6.45) is 2.03. The lowest BCUT2D eigenvalue weighted by molar-refractivity contribution is 0.414. The molecule has 1 aromatic rings. The Kier molecular flexibility index (Phi) is 6.22. The molecule has 0 aliphatic heterocycles. The summed E-state index contributed by atoms with van der Waals surface area (Å²) in [6.45, 7) is 2.14. The van der Waals surface area contributed by atoms with Crippen molar-refractivity contribution in [2.75, 3.05) is 19.9 Å². The number of benzene rings is 1. The van der Waals surface area contributed by atoms with Gasteiger partial charge < -0.3 is 10.1 Å². The molecule has 0 radical (unpaired) electrons. The summed E-state index contributed by atoms with van der Waals surface area (Å²) in [6, 6.07) is 7.93. The van der Waals surface area contributed by atoms with E-state index in [1.165, 1.54) is 0 Å². The van der Waals surface area contributed by atoms with Crippen molar-refractivity contribution in [3.05, 3.63) is 24.3 Å².